The van der Waals surface area contributed by atoms with Crippen LogP contribution in [0.1, 0.15) is 18.1 Å². The quantitative estimate of drug-likeness (QED) is 0.485. The molecule has 0 amide bonds. The SMILES string of the molecule is COC(=O)C1=NN(c2ccc(Cl)cc2)[C@@]2(S1)c1ccccc1C(C)=NN2c1ccccc1. The van der Waals surface area contributed by atoms with Crippen molar-refractivity contribution in [2.24, 2.45) is 10.2 Å². The largest absolute Gasteiger partial charge is 0.464 e. The number of ether oxygens (including phenoxy) is 1. The molecule has 2 heterocycles. The van der Waals surface area contributed by atoms with Crippen LogP contribution in [0.15, 0.2) is 89.1 Å². The number of hydrogen-bond donors (Lipinski definition) is 0. The molecule has 0 bridgehead atoms. The van der Waals surface area contributed by atoms with Gasteiger partial charge in [0.05, 0.1) is 24.2 Å². The number of thioether (sulfide) groups is 1. The molecule has 1 spiro atoms. The maximum absolute atomic E-state index is 12.6. The smallest absolute Gasteiger partial charge is 0.365 e. The van der Waals surface area contributed by atoms with Crippen LogP contribution in [-0.4, -0.2) is 23.8 Å². The van der Waals surface area contributed by atoms with Gasteiger partial charge < -0.3 is 4.74 Å². The molecule has 2 aliphatic heterocycles. The lowest BCUT2D eigenvalue weighted by molar-refractivity contribution is -0.132. The number of esters is 1. The third kappa shape index (κ3) is 3.16. The van der Waals surface area contributed by atoms with Crippen LogP contribution in [0.5, 0.6) is 0 Å². The Kier molecular flexibility index (Phi) is 5.15. The molecule has 0 fully saturated rings. The summed E-state index contributed by atoms with van der Waals surface area (Å²) in [6, 6.07) is 25.3. The third-order valence-electron chi connectivity index (χ3n) is 5.35. The van der Waals surface area contributed by atoms with E-state index in [1.54, 1.807) is 12.1 Å². The number of halogens is 1. The van der Waals surface area contributed by atoms with Gasteiger partial charge in [0, 0.05) is 16.1 Å². The molecule has 0 N–H and O–H groups in total. The number of benzene rings is 3. The molecule has 0 aromatic heterocycles. The van der Waals surface area contributed by atoms with E-state index in [1.165, 1.54) is 18.9 Å². The summed E-state index contributed by atoms with van der Waals surface area (Å²) < 4.78 is 5.03. The van der Waals surface area contributed by atoms with Gasteiger partial charge in [0.15, 0.2) is 0 Å². The Morgan fingerprint density at radius 2 is 1.53 bits per heavy atom. The summed E-state index contributed by atoms with van der Waals surface area (Å²) >= 11 is 7.46. The van der Waals surface area contributed by atoms with Crippen molar-refractivity contribution in [3.05, 3.63) is 95.0 Å². The Hall–Kier alpha value is -3.29. The third-order valence-corrected chi connectivity index (χ3v) is 6.90. The van der Waals surface area contributed by atoms with Gasteiger partial charge in [0.25, 0.3) is 0 Å². The summed E-state index contributed by atoms with van der Waals surface area (Å²) in [5, 5.41) is 14.3. The lowest BCUT2D eigenvalue weighted by Crippen LogP contribution is -2.53. The van der Waals surface area contributed by atoms with E-state index in [1.807, 2.05) is 77.6 Å². The fraction of sp³-hybridized carbons (Fsp3) is 0.125. The number of methoxy groups -OCH3 is 1. The Labute approximate surface area is 195 Å². The van der Waals surface area contributed by atoms with Crippen LogP contribution in [0, 0.1) is 0 Å². The first-order valence-corrected chi connectivity index (χ1v) is 11.2. The summed E-state index contributed by atoms with van der Waals surface area (Å²) in [7, 11) is 1.36. The lowest BCUT2D eigenvalue weighted by atomic mass is 9.98. The van der Waals surface area contributed by atoms with Crippen LogP contribution < -0.4 is 10.0 Å². The van der Waals surface area contributed by atoms with E-state index in [0.717, 1.165) is 28.2 Å². The summed E-state index contributed by atoms with van der Waals surface area (Å²) in [5.41, 5.74) is 4.48. The maximum Gasteiger partial charge on any atom is 0.365 e. The van der Waals surface area contributed by atoms with Gasteiger partial charge in [-0.25, -0.2) is 14.8 Å². The monoisotopic (exact) mass is 462 g/mol. The van der Waals surface area contributed by atoms with E-state index in [-0.39, 0.29) is 5.04 Å². The first-order chi connectivity index (χ1) is 15.5. The summed E-state index contributed by atoms with van der Waals surface area (Å²) in [4.78, 5) is 11.6. The number of anilines is 2. The Morgan fingerprint density at radius 3 is 2.25 bits per heavy atom. The molecule has 0 saturated carbocycles. The molecule has 160 valence electrons. The molecule has 3 aromatic rings. The molecule has 32 heavy (non-hydrogen) atoms. The molecule has 8 heteroatoms. The van der Waals surface area contributed by atoms with Gasteiger partial charge in [-0.05, 0) is 55.1 Å². The summed E-state index contributed by atoms with van der Waals surface area (Å²) in [6.07, 6.45) is 0. The van der Waals surface area contributed by atoms with Crippen LogP contribution in [0.3, 0.4) is 0 Å². The van der Waals surface area contributed by atoms with Crippen LogP contribution in [-0.2, 0) is 14.5 Å². The molecule has 3 aromatic carbocycles. The molecule has 5 rings (SSSR count). The molecule has 0 unspecified atom stereocenters. The minimum absolute atomic E-state index is 0.243. The van der Waals surface area contributed by atoms with E-state index in [9.17, 15) is 4.79 Å². The van der Waals surface area contributed by atoms with Crippen molar-refractivity contribution in [1.82, 2.24) is 0 Å². The summed E-state index contributed by atoms with van der Waals surface area (Å²) in [5.74, 6) is -0.498. The van der Waals surface area contributed by atoms with Gasteiger partial charge in [0.2, 0.25) is 10.0 Å². The van der Waals surface area contributed by atoms with Gasteiger partial charge in [-0.15, -0.1) is 0 Å². The zero-order valence-electron chi connectivity index (χ0n) is 17.4. The van der Waals surface area contributed by atoms with E-state index in [0.29, 0.717) is 5.02 Å². The number of hydrogen-bond acceptors (Lipinski definition) is 7. The first kappa shape index (κ1) is 20.6. The topological polar surface area (TPSA) is 57.5 Å². The highest BCUT2D eigenvalue weighted by atomic mass is 35.5. The molecular weight excluding hydrogens is 444 g/mol. The number of nitrogens with zero attached hydrogens (tertiary/aromatic N) is 4. The number of para-hydroxylation sites is 1. The zero-order valence-corrected chi connectivity index (χ0v) is 19.0. The number of fused-ring (bicyclic) bond motifs is 2. The standard InChI is InChI=1S/C24H19ClN4O2S/c1-16-20-10-6-7-11-21(20)24(28(26-16)18-8-4-3-5-9-18)29(19-14-12-17(25)13-15-19)27-22(32-24)23(30)31-2/h3-15H,1-2H3/t24-/m1/s1. The van der Waals surface area contributed by atoms with Crippen molar-refractivity contribution in [2.75, 3.05) is 17.1 Å². The molecule has 0 aliphatic carbocycles. The number of rotatable bonds is 3. The van der Waals surface area contributed by atoms with Gasteiger partial charge in [0.1, 0.15) is 0 Å². The predicted octanol–water partition coefficient (Wildman–Crippen LogP) is 5.43. The normalized spacial score (nSPS) is 19.5. The van der Waals surface area contributed by atoms with Gasteiger partial charge in [-0.2, -0.15) is 10.2 Å². The van der Waals surface area contributed by atoms with E-state index < -0.39 is 11.0 Å². The lowest BCUT2D eigenvalue weighted by Gasteiger charge is -2.46. The molecule has 2 aliphatic rings. The maximum atomic E-state index is 12.6. The average Bonchev–Trinajstić information content (AvgIpc) is 3.23. The van der Waals surface area contributed by atoms with Crippen molar-refractivity contribution in [1.29, 1.82) is 0 Å². The Morgan fingerprint density at radius 1 is 0.906 bits per heavy atom. The summed E-state index contributed by atoms with van der Waals surface area (Å²) in [6.45, 7) is 1.98. The predicted molar refractivity (Wildman–Crippen MR) is 130 cm³/mol. The molecule has 6 nitrogen and oxygen atoms in total. The zero-order chi connectivity index (χ0) is 22.3. The number of carbonyl (C=O) groups is 1. The highest BCUT2D eigenvalue weighted by Gasteiger charge is 2.56. The van der Waals surface area contributed by atoms with Gasteiger partial charge in [-0.1, -0.05) is 54.1 Å². The Balaban J connectivity index is 1.80. The minimum Gasteiger partial charge on any atom is -0.464 e. The van der Waals surface area contributed by atoms with Gasteiger partial charge in [-0.3, -0.25) is 0 Å². The van der Waals surface area contributed by atoms with E-state index in [4.69, 9.17) is 26.5 Å². The average molecular weight is 463 g/mol. The molecule has 0 radical (unpaired) electrons. The van der Waals surface area contributed by atoms with Crippen LogP contribution in [0.25, 0.3) is 0 Å². The van der Waals surface area contributed by atoms with E-state index >= 15 is 0 Å². The van der Waals surface area contributed by atoms with Crippen LogP contribution >= 0.6 is 23.4 Å². The van der Waals surface area contributed by atoms with Crippen molar-refractivity contribution in [2.45, 2.75) is 11.9 Å². The second-order valence-electron chi connectivity index (χ2n) is 7.27. The molecular formula is C24H19ClN4O2S. The number of hydrazone groups is 2. The number of carbonyl (C=O) groups excluding carboxylic acids is 1. The van der Waals surface area contributed by atoms with E-state index in [2.05, 4.69) is 6.07 Å². The van der Waals surface area contributed by atoms with Crippen molar-refractivity contribution in [3.63, 3.8) is 0 Å². The second kappa shape index (κ2) is 8.00. The molecule has 0 saturated heterocycles. The van der Waals surface area contributed by atoms with Crippen LogP contribution in [0.4, 0.5) is 11.4 Å². The minimum atomic E-state index is -0.977. The highest BCUT2D eigenvalue weighted by Crippen LogP contribution is 2.54. The Bertz CT molecular complexity index is 1250. The van der Waals surface area contributed by atoms with Crippen molar-refractivity contribution in [3.8, 4) is 0 Å². The van der Waals surface area contributed by atoms with Gasteiger partial charge >= 0.3 is 5.97 Å². The molecule has 1 atom stereocenters. The van der Waals surface area contributed by atoms with Crippen molar-refractivity contribution < 1.29 is 9.53 Å². The van der Waals surface area contributed by atoms with Crippen LogP contribution in [0.2, 0.25) is 5.02 Å². The second-order valence-corrected chi connectivity index (χ2v) is 8.87. The first-order valence-electron chi connectivity index (χ1n) is 9.96. The fourth-order valence-corrected chi connectivity index (χ4v) is 5.35. The highest BCUT2D eigenvalue weighted by molar-refractivity contribution is 8.16. The fourth-order valence-electron chi connectivity index (χ4n) is 3.91. The van der Waals surface area contributed by atoms with Crippen molar-refractivity contribution >= 4 is 51.5 Å².